The first-order chi connectivity index (χ1) is 11.3. The van der Waals surface area contributed by atoms with Crippen molar-refractivity contribution in [3.8, 4) is 0 Å². The first-order valence-electron chi connectivity index (χ1n) is 7.17. The second-order valence-electron chi connectivity index (χ2n) is 5.15. The van der Waals surface area contributed by atoms with Gasteiger partial charge in [-0.1, -0.05) is 41.4 Å². The lowest BCUT2D eigenvalue weighted by Crippen LogP contribution is -2.25. The maximum absolute atomic E-state index is 12.5. The van der Waals surface area contributed by atoms with Gasteiger partial charge in [0, 0.05) is 6.54 Å². The molecule has 0 atom stereocenters. The lowest BCUT2D eigenvalue weighted by molar-refractivity contribution is -0.137. The first-order valence-corrected chi connectivity index (χ1v) is 7.93. The van der Waals surface area contributed by atoms with Gasteiger partial charge in [0.2, 0.25) is 0 Å². The van der Waals surface area contributed by atoms with Crippen LogP contribution in [0.1, 0.15) is 27.9 Å². The predicted octanol–water partition coefficient (Wildman–Crippen LogP) is 5.37. The summed E-state index contributed by atoms with van der Waals surface area (Å²) in [6, 6.07) is 9.78. The molecule has 7 heteroatoms. The molecule has 0 fully saturated rings. The van der Waals surface area contributed by atoms with Gasteiger partial charge in [-0.3, -0.25) is 4.79 Å². The first kappa shape index (κ1) is 18.6. The average Bonchev–Trinajstić information content (AvgIpc) is 2.51. The Bertz CT molecular complexity index is 695. The zero-order chi connectivity index (χ0) is 17.7. The Morgan fingerprint density at radius 3 is 2.12 bits per heavy atom. The number of halogens is 5. The average molecular weight is 376 g/mol. The summed E-state index contributed by atoms with van der Waals surface area (Å²) in [5, 5.41) is 3.23. The van der Waals surface area contributed by atoms with Gasteiger partial charge in [0.1, 0.15) is 0 Å². The van der Waals surface area contributed by atoms with Gasteiger partial charge in [-0.05, 0) is 42.7 Å². The number of aryl methyl sites for hydroxylation is 1. The summed E-state index contributed by atoms with van der Waals surface area (Å²) in [7, 11) is 0. The minimum atomic E-state index is -4.33. The molecule has 24 heavy (non-hydrogen) atoms. The van der Waals surface area contributed by atoms with Crippen molar-refractivity contribution in [1.82, 2.24) is 5.32 Å². The van der Waals surface area contributed by atoms with Crippen molar-refractivity contribution in [3.63, 3.8) is 0 Å². The molecule has 2 rings (SSSR count). The fourth-order valence-corrected chi connectivity index (χ4v) is 2.73. The maximum Gasteiger partial charge on any atom is 0.416 e. The second kappa shape index (κ2) is 7.90. The fourth-order valence-electron chi connectivity index (χ4n) is 2.16. The highest BCUT2D eigenvalue weighted by Gasteiger charge is 2.29. The van der Waals surface area contributed by atoms with Crippen LogP contribution in [0.4, 0.5) is 13.2 Å². The van der Waals surface area contributed by atoms with E-state index in [1.54, 1.807) is 18.2 Å². The van der Waals surface area contributed by atoms with Gasteiger partial charge < -0.3 is 5.32 Å². The molecule has 0 spiro atoms. The number of carbonyl (C=O) groups excluding carboxylic acids is 1. The lowest BCUT2D eigenvalue weighted by Gasteiger charge is -2.09. The second-order valence-corrected chi connectivity index (χ2v) is 5.97. The highest BCUT2D eigenvalue weighted by molar-refractivity contribution is 6.39. The van der Waals surface area contributed by atoms with E-state index in [0.717, 1.165) is 17.7 Å². The van der Waals surface area contributed by atoms with Gasteiger partial charge in [-0.25, -0.2) is 0 Å². The SMILES string of the molecule is O=C(NCCCc1ccc(C(F)(F)F)cc1)c1c(Cl)cccc1Cl. The van der Waals surface area contributed by atoms with Crippen molar-refractivity contribution >= 4 is 29.1 Å². The Morgan fingerprint density at radius 1 is 1.00 bits per heavy atom. The van der Waals surface area contributed by atoms with E-state index in [4.69, 9.17) is 23.2 Å². The van der Waals surface area contributed by atoms with Crippen LogP contribution in [0.2, 0.25) is 10.0 Å². The molecule has 0 saturated carbocycles. The molecular weight excluding hydrogens is 362 g/mol. The van der Waals surface area contributed by atoms with Gasteiger partial charge in [0.15, 0.2) is 0 Å². The van der Waals surface area contributed by atoms with E-state index in [0.29, 0.717) is 19.4 Å². The molecule has 128 valence electrons. The Labute approximate surface area is 147 Å². The molecule has 0 aliphatic rings. The van der Waals surface area contributed by atoms with Gasteiger partial charge >= 0.3 is 6.18 Å². The predicted molar refractivity (Wildman–Crippen MR) is 88.6 cm³/mol. The number of carbonyl (C=O) groups is 1. The van der Waals surface area contributed by atoms with Crippen LogP contribution < -0.4 is 5.32 Å². The number of rotatable bonds is 5. The molecule has 0 saturated heterocycles. The highest BCUT2D eigenvalue weighted by Crippen LogP contribution is 2.29. The third kappa shape index (κ3) is 4.89. The molecule has 0 radical (unpaired) electrons. The Morgan fingerprint density at radius 2 is 1.58 bits per heavy atom. The molecule has 2 nitrogen and oxygen atoms in total. The number of hydrogen-bond donors (Lipinski definition) is 1. The molecule has 0 heterocycles. The van der Waals surface area contributed by atoms with Crippen LogP contribution in [0.3, 0.4) is 0 Å². The smallest absolute Gasteiger partial charge is 0.352 e. The zero-order valence-electron chi connectivity index (χ0n) is 12.5. The van der Waals surface area contributed by atoms with Crippen LogP contribution >= 0.6 is 23.2 Å². The molecular formula is C17H14Cl2F3NO. The van der Waals surface area contributed by atoms with Crippen LogP contribution in [-0.4, -0.2) is 12.5 Å². The maximum atomic E-state index is 12.5. The Kier molecular flexibility index (Phi) is 6.13. The van der Waals surface area contributed by atoms with Crippen molar-refractivity contribution in [1.29, 1.82) is 0 Å². The Balaban J connectivity index is 1.84. The largest absolute Gasteiger partial charge is 0.416 e. The summed E-state index contributed by atoms with van der Waals surface area (Å²) >= 11 is 11.9. The third-order valence-corrected chi connectivity index (χ3v) is 4.03. The lowest BCUT2D eigenvalue weighted by atomic mass is 10.1. The summed E-state index contributed by atoms with van der Waals surface area (Å²) in [5.41, 5.74) is 0.316. The number of benzene rings is 2. The number of amides is 1. The topological polar surface area (TPSA) is 29.1 Å². The molecule has 1 N–H and O–H groups in total. The summed E-state index contributed by atoms with van der Waals surface area (Å²) in [6.45, 7) is 0.363. The van der Waals surface area contributed by atoms with E-state index in [2.05, 4.69) is 5.32 Å². The zero-order valence-corrected chi connectivity index (χ0v) is 14.0. The summed E-state index contributed by atoms with van der Waals surface area (Å²) < 4.78 is 37.4. The molecule has 0 aliphatic carbocycles. The van der Waals surface area contributed by atoms with Crippen molar-refractivity contribution in [3.05, 3.63) is 69.2 Å². The quantitative estimate of drug-likeness (QED) is 0.698. The van der Waals surface area contributed by atoms with Crippen LogP contribution in [0.25, 0.3) is 0 Å². The normalized spacial score (nSPS) is 11.4. The minimum absolute atomic E-state index is 0.218. The molecule has 0 aliphatic heterocycles. The molecule has 0 unspecified atom stereocenters. The van der Waals surface area contributed by atoms with Crippen LogP contribution in [0.5, 0.6) is 0 Å². The highest BCUT2D eigenvalue weighted by atomic mass is 35.5. The van der Waals surface area contributed by atoms with Gasteiger partial charge in [-0.2, -0.15) is 13.2 Å². The third-order valence-electron chi connectivity index (χ3n) is 3.40. The fraction of sp³-hybridized carbons (Fsp3) is 0.235. The van der Waals surface area contributed by atoms with Crippen molar-refractivity contribution in [2.75, 3.05) is 6.54 Å². The molecule has 0 aromatic heterocycles. The van der Waals surface area contributed by atoms with E-state index in [9.17, 15) is 18.0 Å². The van der Waals surface area contributed by atoms with Crippen LogP contribution in [0.15, 0.2) is 42.5 Å². The number of hydrogen-bond acceptors (Lipinski definition) is 1. The summed E-state index contributed by atoms with van der Waals surface area (Å²) in [5.74, 6) is -0.377. The van der Waals surface area contributed by atoms with Crippen LogP contribution in [0, 0.1) is 0 Å². The molecule has 1 amide bonds. The summed E-state index contributed by atoms with van der Waals surface area (Å²) in [6.07, 6.45) is -3.20. The van der Waals surface area contributed by atoms with Gasteiger partial charge in [0.05, 0.1) is 21.2 Å². The molecule has 2 aromatic rings. The number of nitrogens with one attached hydrogen (secondary N) is 1. The van der Waals surface area contributed by atoms with Crippen molar-refractivity contribution in [2.45, 2.75) is 19.0 Å². The Hall–Kier alpha value is -1.72. The summed E-state index contributed by atoms with van der Waals surface area (Å²) in [4.78, 5) is 12.0. The van der Waals surface area contributed by atoms with Gasteiger partial charge in [-0.15, -0.1) is 0 Å². The van der Waals surface area contributed by atoms with Crippen LogP contribution in [-0.2, 0) is 12.6 Å². The monoisotopic (exact) mass is 375 g/mol. The standard InChI is InChI=1S/C17H14Cl2F3NO/c18-13-4-1-5-14(19)15(13)16(24)23-10-2-3-11-6-8-12(9-7-11)17(20,21)22/h1,4-9H,2-3,10H2,(H,23,24). The van der Waals surface area contributed by atoms with E-state index < -0.39 is 11.7 Å². The molecule has 0 bridgehead atoms. The van der Waals surface area contributed by atoms with Crippen molar-refractivity contribution in [2.24, 2.45) is 0 Å². The number of alkyl halides is 3. The van der Waals surface area contributed by atoms with E-state index in [-0.39, 0.29) is 21.5 Å². The van der Waals surface area contributed by atoms with Gasteiger partial charge in [0.25, 0.3) is 5.91 Å². The van der Waals surface area contributed by atoms with E-state index in [1.165, 1.54) is 12.1 Å². The van der Waals surface area contributed by atoms with E-state index >= 15 is 0 Å². The van der Waals surface area contributed by atoms with E-state index in [1.807, 2.05) is 0 Å². The minimum Gasteiger partial charge on any atom is -0.352 e. The molecule has 2 aromatic carbocycles. The van der Waals surface area contributed by atoms with Crippen molar-refractivity contribution < 1.29 is 18.0 Å².